The largest absolute Gasteiger partial charge is 0.348 e. The number of rotatable bonds is 4. The number of thiazole rings is 1. The van der Waals surface area contributed by atoms with Gasteiger partial charge >= 0.3 is 0 Å². The molecule has 148 valence electrons. The SMILES string of the molecule is CC(C)N1CCC(NC(=O)c2cscn2)CC1c1nn(C(C)(C)C)cc1Br. The third-order valence-corrected chi connectivity index (χ3v) is 6.20. The summed E-state index contributed by atoms with van der Waals surface area (Å²) in [6, 6.07) is 0.695. The van der Waals surface area contributed by atoms with E-state index in [9.17, 15) is 4.79 Å². The third kappa shape index (κ3) is 4.60. The monoisotopic (exact) mass is 453 g/mol. The van der Waals surface area contributed by atoms with Crippen molar-refractivity contribution in [1.29, 1.82) is 0 Å². The second-order valence-corrected chi connectivity index (χ2v) is 9.97. The van der Waals surface area contributed by atoms with Crippen LogP contribution in [0.4, 0.5) is 0 Å². The molecule has 2 aromatic heterocycles. The van der Waals surface area contributed by atoms with Crippen LogP contribution in [0.15, 0.2) is 21.6 Å². The predicted octanol–water partition coefficient (Wildman–Crippen LogP) is 4.20. The van der Waals surface area contributed by atoms with Crippen LogP contribution in [0.1, 0.15) is 69.7 Å². The molecule has 3 heterocycles. The van der Waals surface area contributed by atoms with Crippen molar-refractivity contribution in [2.45, 2.75) is 71.1 Å². The Labute approximate surface area is 173 Å². The summed E-state index contributed by atoms with van der Waals surface area (Å²) in [6.07, 6.45) is 3.83. The smallest absolute Gasteiger partial charge is 0.270 e. The Morgan fingerprint density at radius 2 is 2.15 bits per heavy atom. The number of carbonyl (C=O) groups is 1. The molecule has 0 aromatic carbocycles. The van der Waals surface area contributed by atoms with Crippen LogP contribution >= 0.6 is 27.3 Å². The molecule has 2 unspecified atom stereocenters. The zero-order valence-electron chi connectivity index (χ0n) is 16.6. The van der Waals surface area contributed by atoms with Gasteiger partial charge in [0, 0.05) is 30.2 Å². The number of hydrogen-bond acceptors (Lipinski definition) is 5. The fraction of sp³-hybridized carbons (Fsp3) is 0.632. The fourth-order valence-electron chi connectivity index (χ4n) is 3.52. The first-order valence-corrected chi connectivity index (χ1v) is 11.1. The molecule has 1 saturated heterocycles. The van der Waals surface area contributed by atoms with Crippen molar-refractivity contribution in [2.24, 2.45) is 0 Å². The summed E-state index contributed by atoms with van der Waals surface area (Å²) in [5.41, 5.74) is 3.17. The van der Waals surface area contributed by atoms with Gasteiger partial charge < -0.3 is 5.32 Å². The summed E-state index contributed by atoms with van der Waals surface area (Å²) in [7, 11) is 0. The van der Waals surface area contributed by atoms with E-state index in [1.165, 1.54) is 11.3 Å². The van der Waals surface area contributed by atoms with Crippen molar-refractivity contribution >= 4 is 33.2 Å². The number of nitrogens with one attached hydrogen (secondary N) is 1. The van der Waals surface area contributed by atoms with E-state index in [1.54, 1.807) is 10.9 Å². The summed E-state index contributed by atoms with van der Waals surface area (Å²) in [5, 5.41) is 9.86. The molecule has 0 bridgehead atoms. The highest BCUT2D eigenvalue weighted by Gasteiger charge is 2.35. The average molecular weight is 454 g/mol. The second-order valence-electron chi connectivity index (χ2n) is 8.39. The quantitative estimate of drug-likeness (QED) is 0.752. The Morgan fingerprint density at radius 3 is 2.70 bits per heavy atom. The highest BCUT2D eigenvalue weighted by Crippen LogP contribution is 2.36. The van der Waals surface area contributed by atoms with Gasteiger partial charge in [-0.05, 0) is 63.4 Å². The summed E-state index contributed by atoms with van der Waals surface area (Å²) in [5.74, 6) is -0.0858. The molecular weight excluding hydrogens is 426 g/mol. The van der Waals surface area contributed by atoms with Gasteiger partial charge in [0.25, 0.3) is 5.91 Å². The van der Waals surface area contributed by atoms with Crippen LogP contribution in [-0.4, -0.2) is 44.2 Å². The van der Waals surface area contributed by atoms with Gasteiger partial charge in [-0.1, -0.05) is 0 Å². The van der Waals surface area contributed by atoms with Crippen molar-refractivity contribution in [3.8, 4) is 0 Å². The normalized spacial score (nSPS) is 21.6. The molecule has 2 atom stereocenters. The van der Waals surface area contributed by atoms with Gasteiger partial charge in [0.15, 0.2) is 0 Å². The molecule has 2 aromatic rings. The molecular formula is C19H28BrN5OS. The number of aromatic nitrogens is 3. The van der Waals surface area contributed by atoms with Crippen molar-refractivity contribution < 1.29 is 4.79 Å². The second kappa shape index (κ2) is 8.01. The van der Waals surface area contributed by atoms with Crippen LogP contribution in [0.2, 0.25) is 0 Å². The highest BCUT2D eigenvalue weighted by molar-refractivity contribution is 9.10. The van der Waals surface area contributed by atoms with E-state index in [0.717, 1.165) is 29.6 Å². The lowest BCUT2D eigenvalue weighted by Crippen LogP contribution is -2.48. The number of amides is 1. The lowest BCUT2D eigenvalue weighted by atomic mass is 9.93. The third-order valence-electron chi connectivity index (χ3n) is 5.01. The molecule has 1 N–H and O–H groups in total. The zero-order chi connectivity index (χ0) is 19.8. The Morgan fingerprint density at radius 1 is 1.41 bits per heavy atom. The number of piperidine rings is 1. The van der Waals surface area contributed by atoms with E-state index < -0.39 is 0 Å². The summed E-state index contributed by atoms with van der Waals surface area (Å²) in [4.78, 5) is 19.0. The average Bonchev–Trinajstić information content (AvgIpc) is 3.23. The molecule has 0 aliphatic carbocycles. The summed E-state index contributed by atoms with van der Waals surface area (Å²) >= 11 is 5.16. The molecule has 1 fully saturated rings. The van der Waals surface area contributed by atoms with Crippen molar-refractivity contribution in [2.75, 3.05) is 6.54 Å². The molecule has 3 rings (SSSR count). The lowest BCUT2D eigenvalue weighted by molar-refractivity contribution is 0.0756. The standard InChI is InChI=1S/C19H28BrN5OS/c1-12(2)24-7-6-13(22-18(26)15-10-27-11-21-15)8-16(24)17-14(20)9-25(23-17)19(3,4)5/h9-13,16H,6-8H2,1-5H3,(H,22,26). The molecule has 8 heteroatoms. The Kier molecular flexibility index (Phi) is 6.08. The van der Waals surface area contributed by atoms with E-state index in [-0.39, 0.29) is 23.5 Å². The first-order chi connectivity index (χ1) is 12.7. The first kappa shape index (κ1) is 20.5. The molecule has 1 amide bonds. The van der Waals surface area contributed by atoms with Crippen molar-refractivity contribution in [1.82, 2.24) is 25.0 Å². The van der Waals surface area contributed by atoms with Crippen molar-refractivity contribution in [3.63, 3.8) is 0 Å². The van der Waals surface area contributed by atoms with Crippen LogP contribution in [0.3, 0.4) is 0 Å². The maximum absolute atomic E-state index is 12.4. The maximum Gasteiger partial charge on any atom is 0.270 e. The van der Waals surface area contributed by atoms with E-state index in [1.807, 2.05) is 4.68 Å². The van der Waals surface area contributed by atoms with Gasteiger partial charge in [-0.2, -0.15) is 5.10 Å². The van der Waals surface area contributed by atoms with Gasteiger partial charge in [-0.3, -0.25) is 14.4 Å². The van der Waals surface area contributed by atoms with Gasteiger partial charge in [0.1, 0.15) is 5.69 Å². The zero-order valence-corrected chi connectivity index (χ0v) is 19.0. The molecule has 0 radical (unpaired) electrons. The minimum Gasteiger partial charge on any atom is -0.348 e. The molecule has 6 nitrogen and oxygen atoms in total. The Bertz CT molecular complexity index is 781. The van der Waals surface area contributed by atoms with Crippen LogP contribution in [0, 0.1) is 0 Å². The van der Waals surface area contributed by atoms with Crippen LogP contribution in [0.5, 0.6) is 0 Å². The van der Waals surface area contributed by atoms with Gasteiger partial charge in [-0.15, -0.1) is 11.3 Å². The number of likely N-dealkylation sites (tertiary alicyclic amines) is 1. The first-order valence-electron chi connectivity index (χ1n) is 9.37. The summed E-state index contributed by atoms with van der Waals surface area (Å²) in [6.45, 7) is 11.8. The van der Waals surface area contributed by atoms with Crippen LogP contribution in [0.25, 0.3) is 0 Å². The lowest BCUT2D eigenvalue weighted by Gasteiger charge is -2.41. The number of carbonyl (C=O) groups excluding carboxylic acids is 1. The Balaban J connectivity index is 1.82. The van der Waals surface area contributed by atoms with Gasteiger partial charge in [0.2, 0.25) is 0 Å². The molecule has 1 aliphatic heterocycles. The molecule has 0 spiro atoms. The number of nitrogens with zero attached hydrogens (tertiary/aromatic N) is 4. The van der Waals surface area contributed by atoms with E-state index in [4.69, 9.17) is 5.10 Å². The summed E-state index contributed by atoms with van der Waals surface area (Å²) < 4.78 is 3.04. The molecule has 27 heavy (non-hydrogen) atoms. The van der Waals surface area contributed by atoms with Crippen molar-refractivity contribution in [3.05, 3.63) is 32.9 Å². The maximum atomic E-state index is 12.4. The fourth-order valence-corrected chi connectivity index (χ4v) is 4.59. The Hall–Kier alpha value is -1.25. The van der Waals surface area contributed by atoms with Gasteiger partial charge in [0.05, 0.1) is 27.3 Å². The number of halogens is 1. The minimum atomic E-state index is -0.0858. The topological polar surface area (TPSA) is 63.1 Å². The number of hydrogen-bond donors (Lipinski definition) is 1. The molecule has 0 saturated carbocycles. The van der Waals surface area contributed by atoms with Gasteiger partial charge in [-0.25, -0.2) is 4.98 Å². The van der Waals surface area contributed by atoms with E-state index in [2.05, 4.69) is 71.9 Å². The van der Waals surface area contributed by atoms with E-state index >= 15 is 0 Å². The van der Waals surface area contributed by atoms with E-state index in [0.29, 0.717) is 11.7 Å². The van der Waals surface area contributed by atoms with Crippen LogP contribution < -0.4 is 5.32 Å². The molecule has 1 aliphatic rings. The highest BCUT2D eigenvalue weighted by atomic mass is 79.9. The van der Waals surface area contributed by atoms with Crippen LogP contribution in [-0.2, 0) is 5.54 Å². The minimum absolute atomic E-state index is 0.0731. The predicted molar refractivity (Wildman–Crippen MR) is 112 cm³/mol.